The van der Waals surface area contributed by atoms with Gasteiger partial charge >= 0.3 is 17.9 Å². The zero-order chi connectivity index (χ0) is 16.1. The Bertz CT molecular complexity index is 553. The van der Waals surface area contributed by atoms with Crippen LogP contribution in [0.4, 0.5) is 0 Å². The van der Waals surface area contributed by atoms with Crippen molar-refractivity contribution in [2.75, 3.05) is 0 Å². The molecule has 3 unspecified atom stereocenters. The minimum absolute atomic E-state index is 0.228. The van der Waals surface area contributed by atoms with Crippen LogP contribution in [0.25, 0.3) is 0 Å². The molecule has 0 aromatic heterocycles. The fraction of sp³-hybridized carbons (Fsp3) is 0.438. The van der Waals surface area contributed by atoms with Crippen LogP contribution in [0.5, 0.6) is 0 Å². The molecule has 6 heteroatoms. The van der Waals surface area contributed by atoms with Crippen LogP contribution in [0, 0.1) is 5.92 Å². The van der Waals surface area contributed by atoms with E-state index in [0.29, 0.717) is 12.0 Å². The van der Waals surface area contributed by atoms with Crippen molar-refractivity contribution in [3.05, 3.63) is 35.9 Å². The summed E-state index contributed by atoms with van der Waals surface area (Å²) in [6, 6.07) is 8.49. The molecule has 0 heterocycles. The molecule has 1 fully saturated rings. The third-order valence-corrected chi connectivity index (χ3v) is 3.59. The summed E-state index contributed by atoms with van der Waals surface area (Å²) in [5.74, 6) is -2.63. The lowest BCUT2D eigenvalue weighted by molar-refractivity contribution is -0.157. The molecule has 1 aromatic rings. The highest BCUT2D eigenvalue weighted by Crippen LogP contribution is 2.29. The van der Waals surface area contributed by atoms with Crippen LogP contribution < -0.4 is 0 Å². The Hall–Kier alpha value is -2.37. The number of carboxylic acids is 1. The summed E-state index contributed by atoms with van der Waals surface area (Å²) in [5.41, 5.74) is 0.406. The minimum Gasteiger partial charge on any atom is -0.481 e. The lowest BCUT2D eigenvalue weighted by Gasteiger charge is -2.32. The van der Waals surface area contributed by atoms with Crippen molar-refractivity contribution in [1.29, 1.82) is 0 Å². The maximum Gasteiger partial charge on any atom is 0.338 e. The number of hydrogen-bond acceptors (Lipinski definition) is 5. The molecule has 3 atom stereocenters. The maximum absolute atomic E-state index is 12.0. The second-order valence-corrected chi connectivity index (χ2v) is 5.37. The van der Waals surface area contributed by atoms with Crippen LogP contribution in [-0.2, 0) is 19.1 Å². The molecule has 22 heavy (non-hydrogen) atoms. The summed E-state index contributed by atoms with van der Waals surface area (Å²) >= 11 is 0. The van der Waals surface area contributed by atoms with Crippen LogP contribution >= 0.6 is 0 Å². The molecule has 1 aliphatic carbocycles. The van der Waals surface area contributed by atoms with Gasteiger partial charge in [-0.2, -0.15) is 0 Å². The van der Waals surface area contributed by atoms with E-state index in [1.807, 2.05) is 0 Å². The average Bonchev–Trinajstić information content (AvgIpc) is 2.47. The van der Waals surface area contributed by atoms with Gasteiger partial charge in [0, 0.05) is 13.3 Å². The molecule has 1 saturated carbocycles. The zero-order valence-corrected chi connectivity index (χ0v) is 12.2. The van der Waals surface area contributed by atoms with E-state index in [9.17, 15) is 19.5 Å². The number of carbonyl (C=O) groups is 3. The number of benzene rings is 1. The summed E-state index contributed by atoms with van der Waals surface area (Å²) < 4.78 is 10.5. The molecule has 0 spiro atoms. The third-order valence-electron chi connectivity index (χ3n) is 3.59. The number of hydrogen-bond donors (Lipinski definition) is 1. The second-order valence-electron chi connectivity index (χ2n) is 5.37. The van der Waals surface area contributed by atoms with Crippen molar-refractivity contribution in [2.45, 2.75) is 38.4 Å². The monoisotopic (exact) mass is 306 g/mol. The van der Waals surface area contributed by atoms with Crippen LogP contribution in [0.3, 0.4) is 0 Å². The summed E-state index contributed by atoms with van der Waals surface area (Å²) in [6.07, 6.45) is -0.324. The van der Waals surface area contributed by atoms with Crippen molar-refractivity contribution >= 4 is 17.9 Å². The summed E-state index contributed by atoms with van der Waals surface area (Å²) in [6.45, 7) is 1.27. The van der Waals surface area contributed by atoms with E-state index in [4.69, 9.17) is 9.47 Å². The number of carboxylic acid groups (broad SMARTS) is 1. The van der Waals surface area contributed by atoms with Crippen molar-refractivity contribution in [1.82, 2.24) is 0 Å². The number of carbonyl (C=O) groups excluding carboxylic acids is 2. The Labute approximate surface area is 128 Å². The van der Waals surface area contributed by atoms with E-state index >= 15 is 0 Å². The number of rotatable bonds is 4. The lowest BCUT2D eigenvalue weighted by atomic mass is 9.85. The molecule has 1 aromatic carbocycles. The quantitative estimate of drug-likeness (QED) is 0.856. The summed E-state index contributed by atoms with van der Waals surface area (Å²) in [7, 11) is 0. The van der Waals surface area contributed by atoms with Crippen LogP contribution in [0.2, 0.25) is 0 Å². The van der Waals surface area contributed by atoms with Crippen molar-refractivity contribution in [3.63, 3.8) is 0 Å². The van der Waals surface area contributed by atoms with Gasteiger partial charge in [0.25, 0.3) is 0 Å². The van der Waals surface area contributed by atoms with Crippen molar-refractivity contribution in [3.8, 4) is 0 Å². The van der Waals surface area contributed by atoms with Gasteiger partial charge in [0.05, 0.1) is 11.5 Å². The molecule has 0 amide bonds. The smallest absolute Gasteiger partial charge is 0.338 e. The van der Waals surface area contributed by atoms with Gasteiger partial charge in [-0.1, -0.05) is 18.2 Å². The largest absolute Gasteiger partial charge is 0.481 e. The Balaban J connectivity index is 2.03. The van der Waals surface area contributed by atoms with Crippen molar-refractivity contribution in [2.24, 2.45) is 5.92 Å². The average molecular weight is 306 g/mol. The molecule has 0 saturated heterocycles. The maximum atomic E-state index is 12.0. The number of aliphatic carboxylic acids is 1. The molecule has 1 N–H and O–H groups in total. The van der Waals surface area contributed by atoms with Gasteiger partial charge in [0.15, 0.2) is 0 Å². The van der Waals surface area contributed by atoms with Crippen LogP contribution in [0.15, 0.2) is 30.3 Å². The third kappa shape index (κ3) is 4.31. The van der Waals surface area contributed by atoms with E-state index in [2.05, 4.69) is 0 Å². The topological polar surface area (TPSA) is 89.9 Å². The first kappa shape index (κ1) is 16.0. The predicted molar refractivity (Wildman–Crippen MR) is 76.2 cm³/mol. The number of ether oxygens (including phenoxy) is 2. The van der Waals surface area contributed by atoms with E-state index in [1.165, 1.54) is 6.92 Å². The lowest BCUT2D eigenvalue weighted by Crippen LogP contribution is -2.38. The van der Waals surface area contributed by atoms with E-state index in [0.717, 1.165) is 0 Å². The first-order valence-electron chi connectivity index (χ1n) is 7.11. The predicted octanol–water partition coefficient (Wildman–Crippen LogP) is 2.03. The van der Waals surface area contributed by atoms with E-state index < -0.39 is 36.0 Å². The Morgan fingerprint density at radius 3 is 2.14 bits per heavy atom. The fourth-order valence-corrected chi connectivity index (χ4v) is 2.64. The minimum atomic E-state index is -0.974. The number of esters is 2. The molecule has 0 bridgehead atoms. The normalized spacial score (nSPS) is 24.3. The zero-order valence-electron chi connectivity index (χ0n) is 12.2. The molecular weight excluding hydrogens is 288 g/mol. The van der Waals surface area contributed by atoms with E-state index in [1.54, 1.807) is 30.3 Å². The van der Waals surface area contributed by atoms with Gasteiger partial charge in [0.2, 0.25) is 0 Å². The fourth-order valence-electron chi connectivity index (χ4n) is 2.64. The summed E-state index contributed by atoms with van der Waals surface area (Å²) in [5, 5.41) is 9.18. The molecule has 0 radical (unpaired) electrons. The Morgan fingerprint density at radius 2 is 1.59 bits per heavy atom. The second kappa shape index (κ2) is 7.06. The Kier molecular flexibility index (Phi) is 5.14. The first-order valence-corrected chi connectivity index (χ1v) is 7.11. The Morgan fingerprint density at radius 1 is 1.00 bits per heavy atom. The SMILES string of the molecule is CC(=O)OC1CC(OC(=O)c2ccccc2)CC(C(=O)O)C1. The molecule has 6 nitrogen and oxygen atoms in total. The van der Waals surface area contributed by atoms with Crippen molar-refractivity contribution < 1.29 is 29.0 Å². The van der Waals surface area contributed by atoms with E-state index in [-0.39, 0.29) is 12.8 Å². The van der Waals surface area contributed by atoms with Gasteiger partial charge in [-0.3, -0.25) is 9.59 Å². The van der Waals surface area contributed by atoms with Gasteiger partial charge < -0.3 is 14.6 Å². The molecule has 2 rings (SSSR count). The summed E-state index contributed by atoms with van der Waals surface area (Å²) in [4.78, 5) is 34.3. The molecule has 1 aliphatic rings. The van der Waals surface area contributed by atoms with Gasteiger partial charge in [-0.05, 0) is 25.0 Å². The molecule has 0 aliphatic heterocycles. The van der Waals surface area contributed by atoms with Crippen LogP contribution in [0.1, 0.15) is 36.5 Å². The van der Waals surface area contributed by atoms with Gasteiger partial charge in [-0.25, -0.2) is 4.79 Å². The van der Waals surface area contributed by atoms with Gasteiger partial charge in [-0.15, -0.1) is 0 Å². The van der Waals surface area contributed by atoms with Crippen LogP contribution in [-0.4, -0.2) is 35.2 Å². The first-order chi connectivity index (χ1) is 10.5. The highest BCUT2D eigenvalue weighted by Gasteiger charge is 2.36. The standard InChI is InChI=1S/C16H18O6/c1-10(17)21-13-7-12(15(18)19)8-14(9-13)22-16(20)11-5-3-2-4-6-11/h2-6,12-14H,7-9H2,1H3,(H,18,19). The highest BCUT2D eigenvalue weighted by atomic mass is 16.6. The van der Waals surface area contributed by atoms with Gasteiger partial charge in [0.1, 0.15) is 12.2 Å². The molecular formula is C16H18O6. The highest BCUT2D eigenvalue weighted by molar-refractivity contribution is 5.89. The molecule has 118 valence electrons.